The van der Waals surface area contributed by atoms with Gasteiger partial charge in [-0.05, 0) is 127 Å². The van der Waals surface area contributed by atoms with Gasteiger partial charge in [0, 0.05) is 13.0 Å². The summed E-state index contributed by atoms with van der Waals surface area (Å²) in [5, 5.41) is 3.30. The van der Waals surface area contributed by atoms with Crippen molar-refractivity contribution < 1.29 is 71.2 Å². The molecule has 0 saturated carbocycles. The first-order valence-corrected chi connectivity index (χ1v) is 22.6. The van der Waals surface area contributed by atoms with E-state index in [1.807, 2.05) is 31.2 Å². The molecule has 5 atom stereocenters. The Kier molecular flexibility index (Phi) is 16.3. The van der Waals surface area contributed by atoms with E-state index in [0.29, 0.717) is 61.2 Å². The zero-order chi connectivity index (χ0) is 46.4. The van der Waals surface area contributed by atoms with Crippen LogP contribution in [0.1, 0.15) is 70.1 Å². The fourth-order valence-corrected chi connectivity index (χ4v) is 7.66. The molecule has 0 aromatic heterocycles. The van der Waals surface area contributed by atoms with Gasteiger partial charge in [-0.2, -0.15) is 0 Å². The van der Waals surface area contributed by atoms with E-state index in [4.69, 9.17) is 56.8 Å². The molecule has 354 valence electrons. The predicted molar refractivity (Wildman–Crippen MR) is 244 cm³/mol. The monoisotopic (exact) mass is 920 g/mol. The van der Waals surface area contributed by atoms with Gasteiger partial charge in [-0.3, -0.25) is 0 Å². The summed E-state index contributed by atoms with van der Waals surface area (Å²) in [7, 11) is 0. The zero-order valence-corrected chi connectivity index (χ0v) is 37.6. The van der Waals surface area contributed by atoms with Crippen LogP contribution in [-0.4, -0.2) is 114 Å². The summed E-state index contributed by atoms with van der Waals surface area (Å²) in [6, 6.07) is 28.2. The van der Waals surface area contributed by atoms with Crippen LogP contribution in [-0.2, 0) is 42.6 Å². The van der Waals surface area contributed by atoms with Crippen molar-refractivity contribution in [1.29, 1.82) is 0 Å². The van der Waals surface area contributed by atoms with E-state index in [1.165, 1.54) is 6.26 Å². The Morgan fingerprint density at radius 1 is 0.582 bits per heavy atom. The molecule has 0 N–H and O–H groups in total. The molecule has 5 unspecified atom stereocenters. The molecule has 0 amide bonds. The number of fused-ring (bicyclic) bond motifs is 3. The van der Waals surface area contributed by atoms with Gasteiger partial charge < -0.3 is 56.8 Å². The highest BCUT2D eigenvalue weighted by molar-refractivity contribution is 5.97. The SMILES string of the molecule is C=COCCCCCCOc1ccc(C(=O)Oc2ccc3cc(C(=O)OCC4OCOC5C(COC(=O)c6ccc7cc(OCCCOCC8(C)CO8)ccc7c6)OCOC45)ccc3c2)cc1. The molecule has 0 aliphatic carbocycles. The minimum absolute atomic E-state index is 0.0909. The summed E-state index contributed by atoms with van der Waals surface area (Å²) in [6.07, 6.45) is 3.60. The topological polar surface area (TPSA) is 165 Å². The van der Waals surface area contributed by atoms with Gasteiger partial charge in [0.2, 0.25) is 0 Å². The first-order valence-electron chi connectivity index (χ1n) is 22.6. The average Bonchev–Trinajstić information content (AvgIpc) is 4.10. The molecule has 3 aliphatic heterocycles. The number of carbonyl (C=O) groups excluding carboxylic acids is 3. The summed E-state index contributed by atoms with van der Waals surface area (Å²) in [4.78, 5) is 39.4. The van der Waals surface area contributed by atoms with E-state index < -0.39 is 42.3 Å². The summed E-state index contributed by atoms with van der Waals surface area (Å²) >= 11 is 0. The van der Waals surface area contributed by atoms with Crippen molar-refractivity contribution in [3.63, 3.8) is 0 Å². The van der Waals surface area contributed by atoms with Crippen LogP contribution in [0.3, 0.4) is 0 Å². The predicted octanol–water partition coefficient (Wildman–Crippen LogP) is 8.38. The zero-order valence-electron chi connectivity index (χ0n) is 37.6. The van der Waals surface area contributed by atoms with Gasteiger partial charge in [-0.15, -0.1) is 0 Å². The molecule has 3 fully saturated rings. The molecule has 0 bridgehead atoms. The number of hydrogen-bond donors (Lipinski definition) is 0. The van der Waals surface area contributed by atoms with E-state index in [0.717, 1.165) is 66.0 Å². The van der Waals surface area contributed by atoms with Gasteiger partial charge in [0.1, 0.15) is 74.1 Å². The Bertz CT molecular complexity index is 2470. The third kappa shape index (κ3) is 13.3. The number of hydrogen-bond acceptors (Lipinski definition) is 15. The molecule has 15 heteroatoms. The van der Waals surface area contributed by atoms with E-state index in [2.05, 4.69) is 6.58 Å². The highest BCUT2D eigenvalue weighted by atomic mass is 16.8. The number of esters is 3. The van der Waals surface area contributed by atoms with E-state index >= 15 is 0 Å². The molecule has 3 aliphatic rings. The average molecular weight is 921 g/mol. The standard InChI is InChI=1S/C52H56O15/c1-3-56-21-6-4-5-7-23-58-42-17-13-35(14-18-42)51(55)67-44-20-16-37-26-41(12-10-39(37)28-44)50(54)61-30-46-48-47(64-34-63-46)45(62-33-65-48)29-60-49(53)40-11-9-38-27-43(19-15-36(38)25-40)59-24-8-22-57-31-52(2)32-66-52/h3,9-20,25-28,45-48H,1,4-8,21-24,29-34H2,2H3. The molecule has 0 spiro atoms. The third-order valence-corrected chi connectivity index (χ3v) is 11.6. The number of epoxide rings is 1. The van der Waals surface area contributed by atoms with Crippen LogP contribution >= 0.6 is 0 Å². The molecule has 15 nitrogen and oxygen atoms in total. The van der Waals surface area contributed by atoms with E-state index in [1.54, 1.807) is 72.8 Å². The molecule has 3 heterocycles. The smallest absolute Gasteiger partial charge is 0.343 e. The number of ether oxygens (including phenoxy) is 12. The van der Waals surface area contributed by atoms with Gasteiger partial charge in [0.25, 0.3) is 0 Å². The molecule has 0 radical (unpaired) electrons. The van der Waals surface area contributed by atoms with Gasteiger partial charge in [-0.25, -0.2) is 14.4 Å². The van der Waals surface area contributed by atoms with Crippen molar-refractivity contribution in [2.75, 3.05) is 66.4 Å². The Hall–Kier alpha value is -6.07. The fourth-order valence-electron chi connectivity index (χ4n) is 7.66. The van der Waals surface area contributed by atoms with E-state index in [-0.39, 0.29) is 32.4 Å². The second kappa shape index (κ2) is 23.1. The maximum absolute atomic E-state index is 13.3. The van der Waals surface area contributed by atoms with Crippen molar-refractivity contribution in [3.8, 4) is 17.2 Å². The van der Waals surface area contributed by atoms with Crippen molar-refractivity contribution in [2.24, 2.45) is 0 Å². The minimum Gasteiger partial charge on any atom is -0.502 e. The minimum atomic E-state index is -0.663. The number of benzene rings is 5. The first-order chi connectivity index (χ1) is 32.7. The Balaban J connectivity index is 0.764. The molecular weight excluding hydrogens is 865 g/mol. The Labute approximate surface area is 389 Å². The van der Waals surface area contributed by atoms with Crippen LogP contribution in [0.25, 0.3) is 21.5 Å². The second-order valence-corrected chi connectivity index (χ2v) is 16.8. The lowest BCUT2D eigenvalue weighted by molar-refractivity contribution is -0.328. The lowest BCUT2D eigenvalue weighted by Gasteiger charge is -2.43. The summed E-state index contributed by atoms with van der Waals surface area (Å²) < 4.78 is 68.2. The molecule has 3 saturated heterocycles. The Morgan fingerprint density at radius 2 is 1.09 bits per heavy atom. The summed E-state index contributed by atoms with van der Waals surface area (Å²) in [5.74, 6) is 0.201. The quantitative estimate of drug-likeness (QED) is 0.0190. The maximum Gasteiger partial charge on any atom is 0.343 e. The van der Waals surface area contributed by atoms with Crippen LogP contribution in [0, 0.1) is 0 Å². The van der Waals surface area contributed by atoms with Gasteiger partial charge in [-0.1, -0.05) is 30.8 Å². The molecule has 67 heavy (non-hydrogen) atoms. The summed E-state index contributed by atoms with van der Waals surface area (Å²) in [5.41, 5.74) is 0.983. The van der Waals surface area contributed by atoms with Crippen molar-refractivity contribution in [3.05, 3.63) is 127 Å². The first kappa shape index (κ1) is 47.4. The lowest BCUT2D eigenvalue weighted by atomic mass is 10.0. The highest BCUT2D eigenvalue weighted by Crippen LogP contribution is 2.29. The Morgan fingerprint density at radius 3 is 1.70 bits per heavy atom. The van der Waals surface area contributed by atoms with Crippen LogP contribution in [0.15, 0.2) is 110 Å². The fraction of sp³-hybridized carbons (Fsp3) is 0.404. The normalized spacial score (nSPS) is 20.9. The molecular formula is C52H56O15. The van der Waals surface area contributed by atoms with Crippen molar-refractivity contribution in [1.82, 2.24) is 0 Å². The van der Waals surface area contributed by atoms with Crippen LogP contribution in [0.5, 0.6) is 17.2 Å². The number of rotatable bonds is 24. The maximum atomic E-state index is 13.3. The lowest BCUT2D eigenvalue weighted by Crippen LogP contribution is -2.59. The van der Waals surface area contributed by atoms with Gasteiger partial charge in [0.05, 0.1) is 56.0 Å². The highest BCUT2D eigenvalue weighted by Gasteiger charge is 2.45. The van der Waals surface area contributed by atoms with Crippen LogP contribution in [0.4, 0.5) is 0 Å². The molecule has 5 aromatic carbocycles. The van der Waals surface area contributed by atoms with Crippen molar-refractivity contribution >= 4 is 39.5 Å². The number of unbranched alkanes of at least 4 members (excludes halogenated alkanes) is 3. The number of carbonyl (C=O) groups is 3. The van der Waals surface area contributed by atoms with E-state index in [9.17, 15) is 14.4 Å². The molecule has 5 aromatic rings. The van der Waals surface area contributed by atoms with Crippen LogP contribution < -0.4 is 14.2 Å². The van der Waals surface area contributed by atoms with Crippen LogP contribution in [0.2, 0.25) is 0 Å². The van der Waals surface area contributed by atoms with Gasteiger partial charge in [0.15, 0.2) is 0 Å². The summed E-state index contributed by atoms with van der Waals surface area (Å²) in [6.45, 7) is 8.88. The third-order valence-electron chi connectivity index (χ3n) is 11.6. The van der Waals surface area contributed by atoms with Gasteiger partial charge >= 0.3 is 17.9 Å². The van der Waals surface area contributed by atoms with Crippen molar-refractivity contribution in [2.45, 2.75) is 69.0 Å². The molecule has 8 rings (SSSR count). The second-order valence-electron chi connectivity index (χ2n) is 16.8. The largest absolute Gasteiger partial charge is 0.502 e.